The number of nitrogens with zero attached hydrogens (tertiary/aromatic N) is 3. The van der Waals surface area contributed by atoms with Crippen LogP contribution in [0.4, 0.5) is 11.5 Å². The van der Waals surface area contributed by atoms with Crippen LogP contribution in [0.15, 0.2) is 18.3 Å². The Balaban J connectivity index is 1.74. The Morgan fingerprint density at radius 1 is 1.26 bits per heavy atom. The molecule has 1 saturated heterocycles. The van der Waals surface area contributed by atoms with E-state index >= 15 is 0 Å². The standard InChI is InChI=1S/C13H20N4O2/c18-17(19)13-6-5-12(11-15-13)14-7-10-16-8-3-1-2-4-9-16/h5-6,11,14H,1-4,7-10H2. The maximum atomic E-state index is 10.5. The molecule has 19 heavy (non-hydrogen) atoms. The lowest BCUT2D eigenvalue weighted by molar-refractivity contribution is -0.389. The summed E-state index contributed by atoms with van der Waals surface area (Å²) >= 11 is 0. The largest absolute Gasteiger partial charge is 0.381 e. The second-order valence-electron chi connectivity index (χ2n) is 4.84. The van der Waals surface area contributed by atoms with E-state index in [4.69, 9.17) is 0 Å². The molecule has 0 spiro atoms. The first-order valence-electron chi connectivity index (χ1n) is 6.82. The van der Waals surface area contributed by atoms with Gasteiger partial charge in [0, 0.05) is 19.2 Å². The van der Waals surface area contributed by atoms with E-state index in [1.54, 1.807) is 6.07 Å². The molecule has 1 aliphatic rings. The molecular formula is C13H20N4O2. The number of nitro groups is 1. The lowest BCUT2D eigenvalue weighted by Crippen LogP contribution is -2.29. The fourth-order valence-corrected chi connectivity index (χ4v) is 2.32. The second kappa shape index (κ2) is 7.04. The fraction of sp³-hybridized carbons (Fsp3) is 0.615. The Labute approximate surface area is 113 Å². The van der Waals surface area contributed by atoms with Gasteiger partial charge in [0.1, 0.15) is 0 Å². The Hall–Kier alpha value is -1.69. The van der Waals surface area contributed by atoms with Gasteiger partial charge in [0.15, 0.2) is 6.20 Å². The maximum absolute atomic E-state index is 10.5. The number of hydrogen-bond donors (Lipinski definition) is 1. The first-order chi connectivity index (χ1) is 9.25. The van der Waals surface area contributed by atoms with Crippen molar-refractivity contribution in [3.63, 3.8) is 0 Å². The van der Waals surface area contributed by atoms with Crippen LogP contribution in [-0.2, 0) is 0 Å². The fourth-order valence-electron chi connectivity index (χ4n) is 2.32. The number of hydrogen-bond acceptors (Lipinski definition) is 5. The highest BCUT2D eigenvalue weighted by molar-refractivity contribution is 5.43. The van der Waals surface area contributed by atoms with Crippen LogP contribution in [0.1, 0.15) is 25.7 Å². The van der Waals surface area contributed by atoms with Crippen molar-refractivity contribution in [1.29, 1.82) is 0 Å². The van der Waals surface area contributed by atoms with Gasteiger partial charge in [-0.15, -0.1) is 0 Å². The second-order valence-corrected chi connectivity index (χ2v) is 4.84. The zero-order valence-electron chi connectivity index (χ0n) is 11.0. The SMILES string of the molecule is O=[N+]([O-])c1ccc(NCCN2CCCCCC2)cn1. The number of rotatable bonds is 5. The summed E-state index contributed by atoms with van der Waals surface area (Å²) in [6, 6.07) is 3.13. The summed E-state index contributed by atoms with van der Waals surface area (Å²) in [7, 11) is 0. The van der Waals surface area contributed by atoms with Gasteiger partial charge in [-0.1, -0.05) is 12.8 Å². The van der Waals surface area contributed by atoms with Gasteiger partial charge in [0.05, 0.1) is 5.69 Å². The van der Waals surface area contributed by atoms with E-state index in [9.17, 15) is 10.1 Å². The summed E-state index contributed by atoms with van der Waals surface area (Å²) in [4.78, 5) is 16.3. The molecule has 0 amide bonds. The normalized spacial score (nSPS) is 16.8. The number of anilines is 1. The highest BCUT2D eigenvalue weighted by Gasteiger charge is 2.09. The van der Waals surface area contributed by atoms with Crippen LogP contribution >= 0.6 is 0 Å². The van der Waals surface area contributed by atoms with Gasteiger partial charge < -0.3 is 20.3 Å². The highest BCUT2D eigenvalue weighted by atomic mass is 16.6. The van der Waals surface area contributed by atoms with Gasteiger partial charge >= 0.3 is 5.82 Å². The van der Waals surface area contributed by atoms with E-state index in [-0.39, 0.29) is 5.82 Å². The van der Waals surface area contributed by atoms with Crippen LogP contribution < -0.4 is 5.32 Å². The minimum absolute atomic E-state index is 0.113. The van der Waals surface area contributed by atoms with E-state index < -0.39 is 4.92 Å². The molecule has 0 saturated carbocycles. The zero-order chi connectivity index (χ0) is 13.5. The van der Waals surface area contributed by atoms with E-state index in [1.165, 1.54) is 51.0 Å². The van der Waals surface area contributed by atoms with Gasteiger partial charge in [0.25, 0.3) is 0 Å². The number of aromatic nitrogens is 1. The van der Waals surface area contributed by atoms with Crippen molar-refractivity contribution in [2.75, 3.05) is 31.5 Å². The molecule has 2 rings (SSSR count). The topological polar surface area (TPSA) is 71.3 Å². The molecule has 0 unspecified atom stereocenters. The third-order valence-corrected chi connectivity index (χ3v) is 3.39. The first-order valence-corrected chi connectivity index (χ1v) is 6.82. The molecule has 104 valence electrons. The highest BCUT2D eigenvalue weighted by Crippen LogP contribution is 2.12. The number of pyridine rings is 1. The monoisotopic (exact) mass is 264 g/mol. The lowest BCUT2D eigenvalue weighted by Gasteiger charge is -2.19. The zero-order valence-corrected chi connectivity index (χ0v) is 11.0. The molecule has 1 fully saturated rings. The van der Waals surface area contributed by atoms with Crippen LogP contribution in [0.25, 0.3) is 0 Å². The minimum Gasteiger partial charge on any atom is -0.381 e. The van der Waals surface area contributed by atoms with Crippen molar-refractivity contribution in [3.8, 4) is 0 Å². The van der Waals surface area contributed by atoms with E-state index in [1.807, 2.05) is 0 Å². The molecule has 1 N–H and O–H groups in total. The van der Waals surface area contributed by atoms with E-state index in [2.05, 4.69) is 15.2 Å². The smallest absolute Gasteiger partial charge is 0.363 e. The Bertz CT molecular complexity index is 400. The summed E-state index contributed by atoms with van der Waals surface area (Å²) < 4.78 is 0. The molecule has 0 bridgehead atoms. The van der Waals surface area contributed by atoms with Gasteiger partial charge in [0.2, 0.25) is 0 Å². The van der Waals surface area contributed by atoms with Crippen LogP contribution in [0.5, 0.6) is 0 Å². The van der Waals surface area contributed by atoms with Crippen molar-refractivity contribution >= 4 is 11.5 Å². The molecule has 6 heteroatoms. The van der Waals surface area contributed by atoms with Gasteiger partial charge in [-0.05, 0) is 41.9 Å². The summed E-state index contributed by atoms with van der Waals surface area (Å²) in [6.07, 6.45) is 6.78. The maximum Gasteiger partial charge on any atom is 0.363 e. The summed E-state index contributed by atoms with van der Waals surface area (Å²) in [5.74, 6) is -0.113. The first kappa shape index (κ1) is 13.7. The minimum atomic E-state index is -0.485. The predicted molar refractivity (Wildman–Crippen MR) is 74.3 cm³/mol. The molecular weight excluding hydrogens is 244 g/mol. The van der Waals surface area contributed by atoms with Gasteiger partial charge in [-0.2, -0.15) is 0 Å². The summed E-state index contributed by atoms with van der Waals surface area (Å²) in [5, 5.41) is 13.7. The molecule has 6 nitrogen and oxygen atoms in total. The number of nitrogens with one attached hydrogen (secondary N) is 1. The third-order valence-electron chi connectivity index (χ3n) is 3.39. The summed E-state index contributed by atoms with van der Waals surface area (Å²) in [5.41, 5.74) is 0.834. The van der Waals surface area contributed by atoms with Crippen molar-refractivity contribution in [3.05, 3.63) is 28.4 Å². The van der Waals surface area contributed by atoms with Gasteiger partial charge in [-0.3, -0.25) is 0 Å². The van der Waals surface area contributed by atoms with Gasteiger partial charge in [-0.25, -0.2) is 0 Å². The van der Waals surface area contributed by atoms with Crippen LogP contribution in [-0.4, -0.2) is 41.0 Å². The number of likely N-dealkylation sites (tertiary alicyclic amines) is 1. The van der Waals surface area contributed by atoms with Crippen molar-refractivity contribution in [1.82, 2.24) is 9.88 Å². The summed E-state index contributed by atoms with van der Waals surface area (Å²) in [6.45, 7) is 4.22. The van der Waals surface area contributed by atoms with Crippen molar-refractivity contribution < 1.29 is 4.92 Å². The average Bonchev–Trinajstić information content (AvgIpc) is 2.68. The molecule has 0 radical (unpaired) electrons. The van der Waals surface area contributed by atoms with E-state index in [0.717, 1.165) is 18.8 Å². The quantitative estimate of drug-likeness (QED) is 0.652. The molecule has 1 aromatic heterocycles. The van der Waals surface area contributed by atoms with Crippen molar-refractivity contribution in [2.24, 2.45) is 0 Å². The Morgan fingerprint density at radius 2 is 2.00 bits per heavy atom. The Morgan fingerprint density at radius 3 is 2.58 bits per heavy atom. The van der Waals surface area contributed by atoms with E-state index in [0.29, 0.717) is 0 Å². The van der Waals surface area contributed by atoms with Crippen LogP contribution in [0.2, 0.25) is 0 Å². The van der Waals surface area contributed by atoms with Crippen molar-refractivity contribution in [2.45, 2.75) is 25.7 Å². The van der Waals surface area contributed by atoms with Crippen LogP contribution in [0, 0.1) is 10.1 Å². The molecule has 0 atom stereocenters. The molecule has 0 aromatic carbocycles. The molecule has 1 aliphatic heterocycles. The third kappa shape index (κ3) is 4.48. The molecule has 0 aliphatic carbocycles. The Kier molecular flexibility index (Phi) is 5.09. The average molecular weight is 264 g/mol. The molecule has 2 heterocycles. The molecule has 1 aromatic rings. The lowest BCUT2D eigenvalue weighted by atomic mass is 10.2. The van der Waals surface area contributed by atoms with Crippen LogP contribution in [0.3, 0.4) is 0 Å². The predicted octanol–water partition coefficient (Wildman–Crippen LogP) is 2.28.